The minimum absolute atomic E-state index is 0.143. The van der Waals surface area contributed by atoms with Gasteiger partial charge in [-0.05, 0) is 68.9 Å². The van der Waals surface area contributed by atoms with Crippen LogP contribution in [0.5, 0.6) is 0 Å². The van der Waals surface area contributed by atoms with Crippen molar-refractivity contribution in [2.45, 2.75) is 45.4 Å². The van der Waals surface area contributed by atoms with Gasteiger partial charge in [-0.3, -0.25) is 9.69 Å². The molecule has 0 aliphatic rings. The molecule has 32 heavy (non-hydrogen) atoms. The summed E-state index contributed by atoms with van der Waals surface area (Å²) in [6, 6.07) is 12.4. The van der Waals surface area contributed by atoms with Crippen LogP contribution in [0.1, 0.15) is 37.8 Å². The lowest BCUT2D eigenvalue weighted by Gasteiger charge is -2.24. The predicted molar refractivity (Wildman–Crippen MR) is 141 cm³/mol. The predicted octanol–water partition coefficient (Wildman–Crippen LogP) is 6.81. The van der Waals surface area contributed by atoms with E-state index < -0.39 is 0 Å². The van der Waals surface area contributed by atoms with E-state index >= 15 is 0 Å². The van der Waals surface area contributed by atoms with Gasteiger partial charge in [0.25, 0.3) is 0 Å². The standard InChI is InChI=1S/C25H32ClN3OS2/c1-5-28(6-2)13-14-29(25-27-24-19(4)16-20(26)17-22(24)32-25)23(30)8-7-15-31-21-11-9-18(3)10-12-21/h9-12,16-17H,5-8,13-15H2,1-4H3. The molecule has 0 saturated carbocycles. The maximum absolute atomic E-state index is 13.3. The second-order valence-corrected chi connectivity index (χ2v) is 10.5. The largest absolute Gasteiger partial charge is 0.302 e. The van der Waals surface area contributed by atoms with Gasteiger partial charge in [-0.1, -0.05) is 54.5 Å². The summed E-state index contributed by atoms with van der Waals surface area (Å²) in [5.41, 5.74) is 3.24. The number of rotatable bonds is 11. The topological polar surface area (TPSA) is 36.4 Å². The minimum Gasteiger partial charge on any atom is -0.302 e. The van der Waals surface area contributed by atoms with Crippen LogP contribution in [0.15, 0.2) is 41.3 Å². The van der Waals surface area contributed by atoms with Gasteiger partial charge in [0.05, 0.1) is 10.2 Å². The zero-order valence-electron chi connectivity index (χ0n) is 19.4. The summed E-state index contributed by atoms with van der Waals surface area (Å²) in [5, 5.41) is 1.48. The number of aromatic nitrogens is 1. The van der Waals surface area contributed by atoms with Crippen molar-refractivity contribution >= 4 is 56.0 Å². The Morgan fingerprint density at radius 3 is 2.50 bits per heavy atom. The number of hydrogen-bond donors (Lipinski definition) is 0. The molecule has 1 aromatic heterocycles. The van der Waals surface area contributed by atoms with Crippen LogP contribution in [0.25, 0.3) is 10.2 Å². The van der Waals surface area contributed by atoms with Crippen molar-refractivity contribution in [2.24, 2.45) is 0 Å². The third-order valence-corrected chi connectivity index (χ3v) is 7.87. The van der Waals surface area contributed by atoms with Crippen LogP contribution in [0.4, 0.5) is 5.13 Å². The molecule has 0 aliphatic carbocycles. The third-order valence-electron chi connectivity index (χ3n) is 5.53. The molecule has 172 valence electrons. The van der Waals surface area contributed by atoms with E-state index in [9.17, 15) is 4.79 Å². The highest BCUT2D eigenvalue weighted by Crippen LogP contribution is 2.33. The lowest BCUT2D eigenvalue weighted by Crippen LogP contribution is -2.38. The summed E-state index contributed by atoms with van der Waals surface area (Å²) in [5.74, 6) is 1.07. The van der Waals surface area contributed by atoms with Crippen molar-refractivity contribution in [2.75, 3.05) is 36.8 Å². The number of likely N-dealkylation sites (N-methyl/N-ethyl adjacent to an activating group) is 1. The highest BCUT2D eigenvalue weighted by atomic mass is 35.5. The Morgan fingerprint density at radius 1 is 1.09 bits per heavy atom. The van der Waals surface area contributed by atoms with Crippen molar-refractivity contribution in [1.82, 2.24) is 9.88 Å². The van der Waals surface area contributed by atoms with Gasteiger partial charge in [0.2, 0.25) is 5.91 Å². The number of hydrogen-bond acceptors (Lipinski definition) is 5. The van der Waals surface area contributed by atoms with Gasteiger partial charge in [-0.2, -0.15) is 0 Å². The van der Waals surface area contributed by atoms with Gasteiger partial charge >= 0.3 is 0 Å². The van der Waals surface area contributed by atoms with Crippen molar-refractivity contribution in [1.29, 1.82) is 0 Å². The van der Waals surface area contributed by atoms with Gasteiger partial charge < -0.3 is 4.90 Å². The number of amides is 1. The molecular formula is C25H32ClN3OS2. The normalized spacial score (nSPS) is 11.4. The molecule has 1 amide bonds. The minimum atomic E-state index is 0.143. The van der Waals surface area contributed by atoms with Crippen molar-refractivity contribution in [3.63, 3.8) is 0 Å². The summed E-state index contributed by atoms with van der Waals surface area (Å²) >= 11 is 9.61. The van der Waals surface area contributed by atoms with E-state index in [1.807, 2.05) is 24.0 Å². The first-order valence-corrected chi connectivity index (χ1v) is 13.4. The van der Waals surface area contributed by atoms with Crippen LogP contribution >= 0.6 is 34.7 Å². The molecule has 0 unspecified atom stereocenters. The molecule has 3 aromatic rings. The molecule has 0 bridgehead atoms. The molecule has 3 rings (SSSR count). The Labute approximate surface area is 205 Å². The van der Waals surface area contributed by atoms with E-state index in [1.165, 1.54) is 10.5 Å². The third kappa shape index (κ3) is 6.70. The fourth-order valence-corrected chi connectivity index (χ4v) is 5.87. The molecule has 0 saturated heterocycles. The van der Waals surface area contributed by atoms with E-state index in [0.29, 0.717) is 18.0 Å². The number of thioether (sulfide) groups is 1. The van der Waals surface area contributed by atoms with Crippen LogP contribution in [-0.4, -0.2) is 47.7 Å². The molecule has 0 N–H and O–H groups in total. The van der Waals surface area contributed by atoms with E-state index in [1.54, 1.807) is 23.1 Å². The smallest absolute Gasteiger partial charge is 0.228 e. The van der Waals surface area contributed by atoms with Crippen molar-refractivity contribution in [3.05, 3.63) is 52.5 Å². The molecule has 2 aromatic carbocycles. The average Bonchev–Trinajstić information content (AvgIpc) is 3.19. The Kier molecular flexibility index (Phi) is 9.41. The first-order valence-electron chi connectivity index (χ1n) is 11.2. The van der Waals surface area contributed by atoms with E-state index in [2.05, 4.69) is 49.9 Å². The van der Waals surface area contributed by atoms with E-state index in [0.717, 1.165) is 52.7 Å². The molecule has 0 fully saturated rings. The number of anilines is 1. The van der Waals surface area contributed by atoms with Gasteiger partial charge in [-0.15, -0.1) is 11.8 Å². The SMILES string of the molecule is CCN(CC)CCN(C(=O)CCCSc1ccc(C)cc1)c1nc2c(C)cc(Cl)cc2s1. The molecule has 0 radical (unpaired) electrons. The fourth-order valence-electron chi connectivity index (χ4n) is 3.55. The molecule has 0 aliphatic heterocycles. The highest BCUT2D eigenvalue weighted by molar-refractivity contribution is 7.99. The summed E-state index contributed by atoms with van der Waals surface area (Å²) < 4.78 is 1.03. The number of carbonyl (C=O) groups is 1. The van der Waals surface area contributed by atoms with Crippen LogP contribution in [0.3, 0.4) is 0 Å². The van der Waals surface area contributed by atoms with Crippen LogP contribution in [0.2, 0.25) is 5.02 Å². The zero-order valence-corrected chi connectivity index (χ0v) is 21.7. The van der Waals surface area contributed by atoms with Crippen molar-refractivity contribution < 1.29 is 4.79 Å². The summed E-state index contributed by atoms with van der Waals surface area (Å²) in [7, 11) is 0. The van der Waals surface area contributed by atoms with Crippen LogP contribution < -0.4 is 4.90 Å². The number of fused-ring (bicyclic) bond motifs is 1. The number of carbonyl (C=O) groups excluding carboxylic acids is 1. The average molecular weight is 490 g/mol. The van der Waals surface area contributed by atoms with Crippen molar-refractivity contribution in [3.8, 4) is 0 Å². The Morgan fingerprint density at radius 2 is 1.81 bits per heavy atom. The van der Waals surface area contributed by atoms with Crippen LogP contribution in [0, 0.1) is 13.8 Å². The number of halogens is 1. The molecule has 0 atom stereocenters. The van der Waals surface area contributed by atoms with Gasteiger partial charge in [0.15, 0.2) is 5.13 Å². The Bertz CT molecular complexity index is 1030. The number of benzene rings is 2. The number of thiazole rings is 1. The lowest BCUT2D eigenvalue weighted by molar-refractivity contribution is -0.118. The maximum Gasteiger partial charge on any atom is 0.228 e. The second-order valence-electron chi connectivity index (χ2n) is 7.90. The second kappa shape index (κ2) is 12.0. The zero-order chi connectivity index (χ0) is 23.1. The van der Waals surface area contributed by atoms with Gasteiger partial charge in [-0.25, -0.2) is 4.98 Å². The van der Waals surface area contributed by atoms with Gasteiger partial charge in [0, 0.05) is 29.4 Å². The number of nitrogens with zero attached hydrogens (tertiary/aromatic N) is 3. The molecule has 0 spiro atoms. The quantitative estimate of drug-likeness (QED) is 0.219. The molecule has 7 heteroatoms. The molecule has 4 nitrogen and oxygen atoms in total. The van der Waals surface area contributed by atoms with Gasteiger partial charge in [0.1, 0.15) is 0 Å². The van der Waals surface area contributed by atoms with Crippen LogP contribution in [-0.2, 0) is 4.79 Å². The fraction of sp³-hybridized carbons (Fsp3) is 0.440. The highest BCUT2D eigenvalue weighted by Gasteiger charge is 2.21. The lowest BCUT2D eigenvalue weighted by atomic mass is 10.2. The molecular weight excluding hydrogens is 458 g/mol. The summed E-state index contributed by atoms with van der Waals surface area (Å²) in [6.07, 6.45) is 1.36. The maximum atomic E-state index is 13.3. The number of aryl methyl sites for hydroxylation is 2. The Balaban J connectivity index is 1.69. The first kappa shape index (κ1) is 25.0. The monoisotopic (exact) mass is 489 g/mol. The summed E-state index contributed by atoms with van der Waals surface area (Å²) in [4.78, 5) is 23.6. The first-order chi connectivity index (χ1) is 15.4. The summed E-state index contributed by atoms with van der Waals surface area (Å²) in [6.45, 7) is 11.9. The van der Waals surface area contributed by atoms with E-state index in [4.69, 9.17) is 16.6 Å². The Hall–Kier alpha value is -1.60. The van der Waals surface area contributed by atoms with E-state index in [-0.39, 0.29) is 5.91 Å². The molecule has 1 heterocycles.